The van der Waals surface area contributed by atoms with Crippen molar-refractivity contribution in [3.8, 4) is 0 Å². The molecule has 0 aliphatic carbocycles. The molecule has 0 N–H and O–H groups in total. The molecule has 0 amide bonds. The SMILES string of the molecule is O=[N+]([O-])c1cccc(CSc2ccc3nc(/C=C/c4ccccc4)cn3n2)c1. The van der Waals surface area contributed by atoms with E-state index in [-0.39, 0.29) is 10.6 Å². The predicted molar refractivity (Wildman–Crippen MR) is 111 cm³/mol. The highest BCUT2D eigenvalue weighted by atomic mass is 32.2. The fourth-order valence-electron chi connectivity index (χ4n) is 2.70. The van der Waals surface area contributed by atoms with Gasteiger partial charge in [0.25, 0.3) is 5.69 Å². The molecule has 0 aliphatic heterocycles. The summed E-state index contributed by atoms with van der Waals surface area (Å²) in [6.07, 6.45) is 5.85. The van der Waals surface area contributed by atoms with E-state index in [1.54, 1.807) is 16.6 Å². The number of hydrogen-bond donors (Lipinski definition) is 0. The van der Waals surface area contributed by atoms with Crippen LogP contribution in [0.1, 0.15) is 16.8 Å². The Kier molecular flexibility index (Phi) is 5.16. The maximum absolute atomic E-state index is 10.9. The average molecular weight is 388 g/mol. The Morgan fingerprint density at radius 1 is 1.04 bits per heavy atom. The third-order valence-corrected chi connectivity index (χ3v) is 5.06. The molecule has 2 heterocycles. The molecule has 6 nitrogen and oxygen atoms in total. The van der Waals surface area contributed by atoms with Gasteiger partial charge in [-0.25, -0.2) is 9.50 Å². The van der Waals surface area contributed by atoms with Gasteiger partial charge < -0.3 is 0 Å². The maximum atomic E-state index is 10.9. The van der Waals surface area contributed by atoms with Crippen molar-refractivity contribution in [2.75, 3.05) is 0 Å². The summed E-state index contributed by atoms with van der Waals surface area (Å²) in [4.78, 5) is 15.1. The number of thioether (sulfide) groups is 1. The second-order valence-electron chi connectivity index (χ2n) is 6.10. The van der Waals surface area contributed by atoms with Gasteiger partial charge in [-0.3, -0.25) is 10.1 Å². The van der Waals surface area contributed by atoms with Crippen molar-refractivity contribution in [2.45, 2.75) is 10.8 Å². The minimum Gasteiger partial charge on any atom is -0.258 e. The van der Waals surface area contributed by atoms with Crippen LogP contribution in [0.4, 0.5) is 5.69 Å². The van der Waals surface area contributed by atoms with Crippen molar-refractivity contribution in [3.05, 3.63) is 99.9 Å². The summed E-state index contributed by atoms with van der Waals surface area (Å²) in [6.45, 7) is 0. The number of fused-ring (bicyclic) bond motifs is 1. The summed E-state index contributed by atoms with van der Waals surface area (Å²) in [5.74, 6) is 0.607. The normalized spacial score (nSPS) is 11.3. The van der Waals surface area contributed by atoms with Crippen LogP contribution in [0.2, 0.25) is 0 Å². The molecule has 0 bridgehead atoms. The molecule has 7 heteroatoms. The number of imidazole rings is 1. The lowest BCUT2D eigenvalue weighted by Crippen LogP contribution is -1.93. The van der Waals surface area contributed by atoms with Gasteiger partial charge in [-0.15, -0.1) is 0 Å². The van der Waals surface area contributed by atoms with Gasteiger partial charge in [0.2, 0.25) is 0 Å². The molecule has 0 fully saturated rings. The van der Waals surface area contributed by atoms with Crippen LogP contribution < -0.4 is 0 Å². The number of hydrogen-bond acceptors (Lipinski definition) is 5. The van der Waals surface area contributed by atoms with Crippen molar-refractivity contribution in [2.24, 2.45) is 0 Å². The standard InChI is InChI=1S/C21H16N4O2S/c26-25(27)19-8-4-7-17(13-19)15-28-21-12-11-20-22-18(14-24(20)23-21)10-9-16-5-2-1-3-6-16/h1-14H,15H2/b10-9+. The maximum Gasteiger partial charge on any atom is 0.269 e. The van der Waals surface area contributed by atoms with Gasteiger partial charge in [-0.1, -0.05) is 60.3 Å². The molecule has 4 rings (SSSR count). The zero-order valence-corrected chi connectivity index (χ0v) is 15.6. The van der Waals surface area contributed by atoms with E-state index in [1.807, 2.05) is 66.9 Å². The molecule has 4 aromatic rings. The number of benzene rings is 2. The van der Waals surface area contributed by atoms with Gasteiger partial charge >= 0.3 is 0 Å². The summed E-state index contributed by atoms with van der Waals surface area (Å²) < 4.78 is 1.75. The fraction of sp³-hybridized carbons (Fsp3) is 0.0476. The summed E-state index contributed by atoms with van der Waals surface area (Å²) in [5.41, 5.74) is 3.70. The van der Waals surface area contributed by atoms with Crippen LogP contribution in [-0.2, 0) is 5.75 Å². The van der Waals surface area contributed by atoms with Crippen molar-refractivity contribution in [1.82, 2.24) is 14.6 Å². The minimum atomic E-state index is -0.381. The Labute approximate surface area is 165 Å². The van der Waals surface area contributed by atoms with E-state index in [1.165, 1.54) is 17.8 Å². The van der Waals surface area contributed by atoms with Crippen molar-refractivity contribution >= 4 is 35.2 Å². The molecule has 0 saturated heterocycles. The van der Waals surface area contributed by atoms with E-state index < -0.39 is 0 Å². The van der Waals surface area contributed by atoms with Gasteiger partial charge in [-0.05, 0) is 29.3 Å². The third kappa shape index (κ3) is 4.27. The number of rotatable bonds is 6. The van der Waals surface area contributed by atoms with Crippen molar-refractivity contribution in [1.29, 1.82) is 0 Å². The molecule has 2 aromatic heterocycles. The van der Waals surface area contributed by atoms with Crippen LogP contribution in [0.5, 0.6) is 0 Å². The Morgan fingerprint density at radius 3 is 2.71 bits per heavy atom. The highest BCUT2D eigenvalue weighted by molar-refractivity contribution is 7.98. The van der Waals surface area contributed by atoms with E-state index in [0.717, 1.165) is 27.5 Å². The number of non-ortho nitro benzene ring substituents is 1. The van der Waals surface area contributed by atoms with Gasteiger partial charge in [0, 0.05) is 17.9 Å². The van der Waals surface area contributed by atoms with Crippen LogP contribution in [0, 0.1) is 10.1 Å². The lowest BCUT2D eigenvalue weighted by Gasteiger charge is -2.02. The van der Waals surface area contributed by atoms with Crippen molar-refractivity contribution < 1.29 is 4.92 Å². The predicted octanol–water partition coefficient (Wildman–Crippen LogP) is 5.10. The molecule has 138 valence electrons. The summed E-state index contributed by atoms with van der Waals surface area (Å²) in [7, 11) is 0. The monoisotopic (exact) mass is 388 g/mol. The molecule has 0 atom stereocenters. The van der Waals surface area contributed by atoms with Gasteiger partial charge in [0.15, 0.2) is 5.65 Å². The van der Waals surface area contributed by atoms with E-state index in [2.05, 4.69) is 10.1 Å². The Balaban J connectivity index is 1.48. The smallest absolute Gasteiger partial charge is 0.258 e. The van der Waals surface area contributed by atoms with E-state index in [4.69, 9.17) is 0 Å². The molecule has 28 heavy (non-hydrogen) atoms. The fourth-order valence-corrected chi connectivity index (χ4v) is 3.51. The largest absolute Gasteiger partial charge is 0.269 e. The molecule has 0 spiro atoms. The Hall–Kier alpha value is -3.45. The molecular formula is C21H16N4O2S. The quantitative estimate of drug-likeness (QED) is 0.261. The van der Waals surface area contributed by atoms with E-state index in [9.17, 15) is 10.1 Å². The number of aromatic nitrogens is 3. The first-order valence-electron chi connectivity index (χ1n) is 8.63. The minimum absolute atomic E-state index is 0.103. The topological polar surface area (TPSA) is 73.3 Å². The van der Waals surface area contributed by atoms with Gasteiger partial charge in [-0.2, -0.15) is 5.10 Å². The highest BCUT2D eigenvalue weighted by Gasteiger charge is 2.07. The number of nitro benzene ring substituents is 1. The Bertz CT molecular complexity index is 1160. The summed E-state index contributed by atoms with van der Waals surface area (Å²) in [6, 6.07) is 20.5. The lowest BCUT2D eigenvalue weighted by atomic mass is 10.2. The van der Waals surface area contributed by atoms with Crippen LogP contribution in [-0.4, -0.2) is 19.5 Å². The van der Waals surface area contributed by atoms with E-state index in [0.29, 0.717) is 5.75 Å². The number of nitro groups is 1. The van der Waals surface area contributed by atoms with E-state index >= 15 is 0 Å². The zero-order valence-electron chi connectivity index (χ0n) is 14.8. The first kappa shape index (κ1) is 17.9. The second-order valence-corrected chi connectivity index (χ2v) is 7.10. The Morgan fingerprint density at radius 2 is 1.89 bits per heavy atom. The highest BCUT2D eigenvalue weighted by Crippen LogP contribution is 2.23. The zero-order chi connectivity index (χ0) is 19.3. The van der Waals surface area contributed by atoms with Crippen LogP contribution in [0.3, 0.4) is 0 Å². The molecule has 0 aliphatic rings. The number of nitrogens with zero attached hydrogens (tertiary/aromatic N) is 4. The van der Waals surface area contributed by atoms with Crippen molar-refractivity contribution in [3.63, 3.8) is 0 Å². The molecular weight excluding hydrogens is 372 g/mol. The van der Waals surface area contributed by atoms with Crippen LogP contribution >= 0.6 is 11.8 Å². The second kappa shape index (κ2) is 8.06. The molecule has 0 radical (unpaired) electrons. The van der Waals surface area contributed by atoms with Crippen LogP contribution in [0.15, 0.2) is 78.0 Å². The van der Waals surface area contributed by atoms with Crippen LogP contribution in [0.25, 0.3) is 17.8 Å². The summed E-state index contributed by atoms with van der Waals surface area (Å²) in [5, 5.41) is 16.3. The molecule has 2 aromatic carbocycles. The average Bonchev–Trinajstić information content (AvgIpc) is 3.14. The molecule has 0 saturated carbocycles. The first-order chi connectivity index (χ1) is 13.7. The third-order valence-electron chi connectivity index (χ3n) is 4.07. The van der Waals surface area contributed by atoms with Gasteiger partial charge in [0.05, 0.1) is 16.8 Å². The van der Waals surface area contributed by atoms with Gasteiger partial charge in [0.1, 0.15) is 5.03 Å². The lowest BCUT2D eigenvalue weighted by molar-refractivity contribution is -0.384. The first-order valence-corrected chi connectivity index (χ1v) is 9.62. The summed E-state index contributed by atoms with van der Waals surface area (Å²) >= 11 is 1.53. The molecule has 0 unspecified atom stereocenters.